The van der Waals surface area contributed by atoms with Crippen molar-refractivity contribution < 1.29 is 20.1 Å². The maximum absolute atomic E-state index is 11.2. The predicted molar refractivity (Wildman–Crippen MR) is 75.9 cm³/mol. The molecule has 0 bridgehead atoms. The van der Waals surface area contributed by atoms with Crippen molar-refractivity contribution in [1.82, 2.24) is 0 Å². The highest BCUT2D eigenvalue weighted by atomic mass is 16.4. The summed E-state index contributed by atoms with van der Waals surface area (Å²) in [6, 6.07) is 2.91. The molecule has 4 heteroatoms. The van der Waals surface area contributed by atoms with E-state index >= 15 is 0 Å². The third kappa shape index (κ3) is 3.02. The molecule has 1 aromatic rings. The van der Waals surface area contributed by atoms with Gasteiger partial charge in [0, 0.05) is 16.7 Å². The van der Waals surface area contributed by atoms with Crippen LogP contribution in [-0.4, -0.2) is 21.3 Å². The largest absolute Gasteiger partial charge is 0.508 e. The maximum atomic E-state index is 11.2. The zero-order chi connectivity index (χ0) is 14.7. The molecule has 0 heterocycles. The number of hydrogen-bond acceptors (Lipinski definition) is 3. The highest BCUT2D eigenvalue weighted by Gasteiger charge is 2.15. The molecular weight excluding hydrogens is 256 g/mol. The summed E-state index contributed by atoms with van der Waals surface area (Å²) in [7, 11) is 0. The topological polar surface area (TPSA) is 77.8 Å². The highest BCUT2D eigenvalue weighted by Crippen LogP contribution is 2.32. The van der Waals surface area contributed by atoms with Crippen LogP contribution in [0.2, 0.25) is 0 Å². The van der Waals surface area contributed by atoms with Gasteiger partial charge in [-0.05, 0) is 44.7 Å². The van der Waals surface area contributed by atoms with Crippen LogP contribution in [0.5, 0.6) is 11.5 Å². The normalized spacial score (nSPS) is 21.1. The first-order valence-electron chi connectivity index (χ1n) is 6.59. The third-order valence-corrected chi connectivity index (χ3v) is 3.57. The van der Waals surface area contributed by atoms with Gasteiger partial charge in [0.1, 0.15) is 11.5 Å². The lowest BCUT2D eigenvalue weighted by Gasteiger charge is -2.14. The number of rotatable bonds is 1. The fraction of sp³-hybridized carbons (Fsp3) is 0.312. The molecule has 0 unspecified atom stereocenters. The molecule has 20 heavy (non-hydrogen) atoms. The van der Waals surface area contributed by atoms with Gasteiger partial charge in [-0.1, -0.05) is 17.7 Å². The summed E-state index contributed by atoms with van der Waals surface area (Å²) in [4.78, 5) is 11.2. The SMILES string of the molecule is C/C1=C/CC/C(C(=O)O)=C/Cc2c(O)ccc(O)c2C1. The Hall–Kier alpha value is -2.23. The molecule has 0 spiro atoms. The zero-order valence-electron chi connectivity index (χ0n) is 11.4. The van der Waals surface area contributed by atoms with Gasteiger partial charge in [-0.3, -0.25) is 0 Å². The van der Waals surface area contributed by atoms with Crippen LogP contribution in [0.4, 0.5) is 0 Å². The molecule has 106 valence electrons. The van der Waals surface area contributed by atoms with E-state index in [1.54, 1.807) is 6.08 Å². The number of aromatic hydroxyl groups is 2. The highest BCUT2D eigenvalue weighted by molar-refractivity contribution is 5.86. The van der Waals surface area contributed by atoms with Crippen molar-refractivity contribution >= 4 is 5.97 Å². The van der Waals surface area contributed by atoms with Crippen LogP contribution >= 0.6 is 0 Å². The Labute approximate surface area is 117 Å². The van der Waals surface area contributed by atoms with Crippen molar-refractivity contribution in [3.05, 3.63) is 46.6 Å². The quantitative estimate of drug-likeness (QED) is 0.543. The van der Waals surface area contributed by atoms with E-state index in [0.29, 0.717) is 42.4 Å². The summed E-state index contributed by atoms with van der Waals surface area (Å²) in [6.07, 6.45) is 5.61. The zero-order valence-corrected chi connectivity index (χ0v) is 11.4. The van der Waals surface area contributed by atoms with E-state index < -0.39 is 5.97 Å². The lowest BCUT2D eigenvalue weighted by atomic mass is 9.93. The van der Waals surface area contributed by atoms with E-state index in [1.165, 1.54) is 12.1 Å². The second-order valence-corrected chi connectivity index (χ2v) is 5.07. The van der Waals surface area contributed by atoms with Gasteiger partial charge in [0.05, 0.1) is 0 Å². The fourth-order valence-electron chi connectivity index (χ4n) is 2.44. The van der Waals surface area contributed by atoms with Crippen molar-refractivity contribution in [1.29, 1.82) is 0 Å². The van der Waals surface area contributed by atoms with Crippen LogP contribution in [0.15, 0.2) is 35.4 Å². The summed E-state index contributed by atoms with van der Waals surface area (Å²) >= 11 is 0. The Bertz CT molecular complexity index is 597. The molecule has 0 radical (unpaired) electrons. The molecule has 0 amide bonds. The molecule has 0 aromatic heterocycles. The summed E-state index contributed by atoms with van der Waals surface area (Å²) in [5.41, 5.74) is 2.66. The van der Waals surface area contributed by atoms with Gasteiger partial charge < -0.3 is 15.3 Å². The Kier molecular flexibility index (Phi) is 4.13. The van der Waals surface area contributed by atoms with Gasteiger partial charge >= 0.3 is 5.97 Å². The number of carbonyl (C=O) groups is 1. The van der Waals surface area contributed by atoms with Crippen LogP contribution in [-0.2, 0) is 17.6 Å². The predicted octanol–water partition coefficient (Wildman–Crippen LogP) is 2.93. The minimum absolute atomic E-state index is 0.0900. The van der Waals surface area contributed by atoms with Crippen LogP contribution in [0.1, 0.15) is 30.9 Å². The molecule has 3 N–H and O–H groups in total. The second-order valence-electron chi connectivity index (χ2n) is 5.07. The Balaban J connectivity index is 2.52. The van der Waals surface area contributed by atoms with Crippen LogP contribution in [0, 0.1) is 0 Å². The molecule has 4 nitrogen and oxygen atoms in total. The average Bonchev–Trinajstić information content (AvgIpc) is 2.40. The first-order chi connectivity index (χ1) is 9.49. The van der Waals surface area contributed by atoms with Crippen molar-refractivity contribution in [2.75, 3.05) is 0 Å². The summed E-state index contributed by atoms with van der Waals surface area (Å²) in [6.45, 7) is 1.94. The van der Waals surface area contributed by atoms with E-state index in [2.05, 4.69) is 0 Å². The van der Waals surface area contributed by atoms with Gasteiger partial charge in [0.25, 0.3) is 0 Å². The lowest BCUT2D eigenvalue weighted by molar-refractivity contribution is -0.132. The molecule has 0 aliphatic heterocycles. The number of carboxylic acids is 1. The third-order valence-electron chi connectivity index (χ3n) is 3.57. The number of phenolic OH excluding ortho intramolecular Hbond substituents is 2. The first kappa shape index (κ1) is 14.2. The fourth-order valence-corrected chi connectivity index (χ4v) is 2.44. The average molecular weight is 274 g/mol. The van der Waals surface area contributed by atoms with Crippen molar-refractivity contribution in [2.45, 2.75) is 32.6 Å². The van der Waals surface area contributed by atoms with Crippen molar-refractivity contribution in [3.8, 4) is 11.5 Å². The molecular formula is C16H18O4. The molecule has 0 saturated carbocycles. The second kappa shape index (κ2) is 5.82. The lowest BCUT2D eigenvalue weighted by Crippen LogP contribution is -2.04. The van der Waals surface area contributed by atoms with Gasteiger partial charge in [0.2, 0.25) is 0 Å². The number of benzene rings is 1. The number of hydrogen-bond donors (Lipinski definition) is 3. The number of phenols is 2. The van der Waals surface area contributed by atoms with Gasteiger partial charge in [-0.15, -0.1) is 0 Å². The van der Waals surface area contributed by atoms with E-state index in [0.717, 1.165) is 5.57 Å². The maximum Gasteiger partial charge on any atom is 0.331 e. The van der Waals surface area contributed by atoms with E-state index in [4.69, 9.17) is 5.11 Å². The van der Waals surface area contributed by atoms with E-state index in [9.17, 15) is 15.0 Å². The molecule has 2 rings (SSSR count). The first-order valence-corrected chi connectivity index (χ1v) is 6.59. The Morgan fingerprint density at radius 2 is 1.75 bits per heavy atom. The molecule has 1 aliphatic carbocycles. The van der Waals surface area contributed by atoms with Crippen LogP contribution < -0.4 is 0 Å². The van der Waals surface area contributed by atoms with Crippen molar-refractivity contribution in [3.63, 3.8) is 0 Å². The van der Waals surface area contributed by atoms with Crippen LogP contribution in [0.3, 0.4) is 0 Å². The summed E-state index contributed by atoms with van der Waals surface area (Å²) in [5, 5.41) is 29.1. The monoisotopic (exact) mass is 274 g/mol. The van der Waals surface area contributed by atoms with Gasteiger partial charge in [0.15, 0.2) is 0 Å². The van der Waals surface area contributed by atoms with Gasteiger partial charge in [-0.2, -0.15) is 0 Å². The standard InChI is InChI=1S/C16H18O4/c1-10-3-2-4-11(16(19)20)5-6-12-13(9-10)15(18)8-7-14(12)17/h3,5,7-8,17-18H,2,4,6,9H2,1H3,(H,19,20)/b10-3-,11-5-. The molecule has 1 aromatic carbocycles. The minimum Gasteiger partial charge on any atom is -0.508 e. The smallest absolute Gasteiger partial charge is 0.331 e. The molecule has 0 fully saturated rings. The number of aliphatic carboxylic acids is 1. The number of allylic oxidation sites excluding steroid dienone is 3. The minimum atomic E-state index is -0.933. The van der Waals surface area contributed by atoms with E-state index in [-0.39, 0.29) is 11.5 Å². The molecule has 1 aliphatic rings. The van der Waals surface area contributed by atoms with Crippen molar-refractivity contribution in [2.24, 2.45) is 0 Å². The number of fused-ring (bicyclic) bond motifs is 1. The summed E-state index contributed by atoms with van der Waals surface area (Å²) in [5.74, 6) is -0.707. The Morgan fingerprint density at radius 3 is 2.40 bits per heavy atom. The summed E-state index contributed by atoms with van der Waals surface area (Å²) < 4.78 is 0. The molecule has 0 saturated heterocycles. The Morgan fingerprint density at radius 1 is 1.10 bits per heavy atom. The van der Waals surface area contributed by atoms with Gasteiger partial charge in [-0.25, -0.2) is 4.79 Å². The number of carboxylic acid groups (broad SMARTS) is 1. The molecule has 0 atom stereocenters. The van der Waals surface area contributed by atoms with E-state index in [1.807, 2.05) is 13.0 Å². The van der Waals surface area contributed by atoms with Crippen LogP contribution in [0.25, 0.3) is 0 Å².